The Bertz CT molecular complexity index is 672. The van der Waals surface area contributed by atoms with Gasteiger partial charge in [-0.2, -0.15) is 5.26 Å². The lowest BCUT2D eigenvalue weighted by atomic mass is 10.1. The number of amides is 1. The third-order valence-electron chi connectivity index (χ3n) is 3.19. The highest BCUT2D eigenvalue weighted by Crippen LogP contribution is 2.19. The average Bonchev–Trinajstić information content (AvgIpc) is 2.54. The van der Waals surface area contributed by atoms with Gasteiger partial charge in [0.05, 0.1) is 24.3 Å². The molecule has 4 nitrogen and oxygen atoms in total. The Labute approximate surface area is 124 Å². The van der Waals surface area contributed by atoms with Gasteiger partial charge in [0.25, 0.3) is 5.91 Å². The van der Waals surface area contributed by atoms with Crippen molar-refractivity contribution in [1.82, 2.24) is 4.90 Å². The van der Waals surface area contributed by atoms with Crippen molar-refractivity contribution in [3.63, 3.8) is 0 Å². The quantitative estimate of drug-likeness (QED) is 0.865. The molecule has 0 spiro atoms. The minimum Gasteiger partial charge on any atom is -0.496 e. The zero-order valence-corrected chi connectivity index (χ0v) is 12.0. The van der Waals surface area contributed by atoms with Gasteiger partial charge in [-0.15, -0.1) is 0 Å². The van der Waals surface area contributed by atoms with Gasteiger partial charge in [-0.3, -0.25) is 4.79 Å². The van der Waals surface area contributed by atoms with Crippen LogP contribution in [0.4, 0.5) is 0 Å². The van der Waals surface area contributed by atoms with Crippen molar-refractivity contribution >= 4 is 5.91 Å². The van der Waals surface area contributed by atoms with Crippen LogP contribution in [0.1, 0.15) is 21.5 Å². The number of carbonyl (C=O) groups is 1. The second-order valence-electron chi connectivity index (χ2n) is 4.67. The molecule has 21 heavy (non-hydrogen) atoms. The fraction of sp³-hybridized carbons (Fsp3) is 0.176. The van der Waals surface area contributed by atoms with Crippen LogP contribution in [0.25, 0.3) is 0 Å². The average molecular weight is 280 g/mol. The van der Waals surface area contributed by atoms with Gasteiger partial charge in [0.2, 0.25) is 0 Å². The van der Waals surface area contributed by atoms with Crippen LogP contribution in [0.2, 0.25) is 0 Å². The van der Waals surface area contributed by atoms with E-state index in [0.29, 0.717) is 23.4 Å². The minimum atomic E-state index is -0.100. The summed E-state index contributed by atoms with van der Waals surface area (Å²) in [5.41, 5.74) is 2.12. The first-order valence-corrected chi connectivity index (χ1v) is 6.53. The van der Waals surface area contributed by atoms with Crippen molar-refractivity contribution in [2.24, 2.45) is 0 Å². The molecule has 0 heterocycles. The van der Waals surface area contributed by atoms with Crippen LogP contribution in [0, 0.1) is 11.3 Å². The number of hydrogen-bond donors (Lipinski definition) is 0. The summed E-state index contributed by atoms with van der Waals surface area (Å²) in [5, 5.41) is 8.78. The molecule has 0 saturated heterocycles. The first-order valence-electron chi connectivity index (χ1n) is 6.53. The van der Waals surface area contributed by atoms with Gasteiger partial charge in [0.15, 0.2) is 0 Å². The van der Waals surface area contributed by atoms with E-state index < -0.39 is 0 Å². The molecular weight excluding hydrogens is 264 g/mol. The second-order valence-corrected chi connectivity index (χ2v) is 4.67. The number of nitrogens with zero attached hydrogens (tertiary/aromatic N) is 2. The van der Waals surface area contributed by atoms with Gasteiger partial charge in [-0.1, -0.05) is 24.3 Å². The van der Waals surface area contributed by atoms with Gasteiger partial charge in [0, 0.05) is 13.6 Å². The van der Waals surface area contributed by atoms with Crippen molar-refractivity contribution in [2.45, 2.75) is 6.54 Å². The predicted octanol–water partition coefficient (Wildman–Crippen LogP) is 2.84. The zero-order valence-electron chi connectivity index (χ0n) is 12.0. The van der Waals surface area contributed by atoms with E-state index in [-0.39, 0.29) is 5.91 Å². The summed E-state index contributed by atoms with van der Waals surface area (Å²) in [6.07, 6.45) is 0. The molecule has 0 fully saturated rings. The van der Waals surface area contributed by atoms with Crippen LogP contribution in [0.15, 0.2) is 48.5 Å². The van der Waals surface area contributed by atoms with E-state index in [2.05, 4.69) is 6.07 Å². The Balaban J connectivity index is 2.13. The maximum Gasteiger partial charge on any atom is 0.257 e. The zero-order chi connectivity index (χ0) is 15.2. The largest absolute Gasteiger partial charge is 0.496 e. The summed E-state index contributed by atoms with van der Waals surface area (Å²) in [4.78, 5) is 14.1. The van der Waals surface area contributed by atoms with Gasteiger partial charge < -0.3 is 9.64 Å². The topological polar surface area (TPSA) is 53.3 Å². The molecule has 0 saturated carbocycles. The Morgan fingerprint density at radius 1 is 1.19 bits per heavy atom. The summed E-state index contributed by atoms with van der Waals surface area (Å²) < 4.78 is 5.21. The van der Waals surface area contributed by atoms with Crippen molar-refractivity contribution < 1.29 is 9.53 Å². The fourth-order valence-corrected chi connectivity index (χ4v) is 2.06. The lowest BCUT2D eigenvalue weighted by molar-refractivity contribution is 0.0781. The van der Waals surface area contributed by atoms with Crippen LogP contribution in [0.3, 0.4) is 0 Å². The Kier molecular flexibility index (Phi) is 4.57. The minimum absolute atomic E-state index is 0.100. The van der Waals surface area contributed by atoms with E-state index in [1.807, 2.05) is 24.3 Å². The normalized spacial score (nSPS) is 9.76. The van der Waals surface area contributed by atoms with E-state index in [9.17, 15) is 4.79 Å². The van der Waals surface area contributed by atoms with Crippen LogP contribution >= 0.6 is 0 Å². The highest BCUT2D eigenvalue weighted by molar-refractivity contribution is 5.96. The van der Waals surface area contributed by atoms with Crippen molar-refractivity contribution in [3.8, 4) is 11.8 Å². The molecule has 2 aromatic rings. The van der Waals surface area contributed by atoms with Gasteiger partial charge in [-0.25, -0.2) is 0 Å². The van der Waals surface area contributed by atoms with E-state index in [0.717, 1.165) is 5.56 Å². The molecule has 0 aliphatic rings. The van der Waals surface area contributed by atoms with Crippen LogP contribution in [-0.2, 0) is 6.54 Å². The summed E-state index contributed by atoms with van der Waals surface area (Å²) in [5.74, 6) is 0.464. The summed E-state index contributed by atoms with van der Waals surface area (Å²) in [7, 11) is 3.29. The number of ether oxygens (including phenoxy) is 1. The smallest absolute Gasteiger partial charge is 0.257 e. The molecule has 0 unspecified atom stereocenters. The highest BCUT2D eigenvalue weighted by Gasteiger charge is 2.16. The summed E-state index contributed by atoms with van der Waals surface area (Å²) in [6, 6.07) is 16.4. The molecule has 0 N–H and O–H groups in total. The molecule has 2 aromatic carbocycles. The molecule has 106 valence electrons. The monoisotopic (exact) mass is 280 g/mol. The third-order valence-corrected chi connectivity index (χ3v) is 3.19. The predicted molar refractivity (Wildman–Crippen MR) is 79.9 cm³/mol. The number of nitriles is 1. The Morgan fingerprint density at radius 2 is 1.86 bits per heavy atom. The fourth-order valence-electron chi connectivity index (χ4n) is 2.06. The lowest BCUT2D eigenvalue weighted by Gasteiger charge is -2.18. The molecule has 0 radical (unpaired) electrons. The Morgan fingerprint density at radius 3 is 2.48 bits per heavy atom. The molecule has 1 amide bonds. The van der Waals surface area contributed by atoms with E-state index in [1.54, 1.807) is 43.3 Å². The number of methoxy groups -OCH3 is 1. The van der Waals surface area contributed by atoms with E-state index in [4.69, 9.17) is 10.00 Å². The van der Waals surface area contributed by atoms with E-state index >= 15 is 0 Å². The number of benzene rings is 2. The molecule has 0 aliphatic carbocycles. The van der Waals surface area contributed by atoms with Crippen molar-refractivity contribution in [3.05, 3.63) is 65.2 Å². The first-order chi connectivity index (χ1) is 10.2. The summed E-state index contributed by atoms with van der Waals surface area (Å²) in [6.45, 7) is 0.475. The third kappa shape index (κ3) is 3.40. The molecule has 4 heteroatoms. The van der Waals surface area contributed by atoms with Crippen LogP contribution < -0.4 is 4.74 Å². The maximum absolute atomic E-state index is 12.4. The van der Waals surface area contributed by atoms with Crippen LogP contribution in [-0.4, -0.2) is 25.0 Å². The van der Waals surface area contributed by atoms with Crippen molar-refractivity contribution in [2.75, 3.05) is 14.2 Å². The SMILES string of the molecule is COc1ccccc1C(=O)N(C)Cc1ccc(C#N)cc1. The number of para-hydroxylation sites is 1. The first kappa shape index (κ1) is 14.6. The van der Waals surface area contributed by atoms with Gasteiger partial charge in [0.1, 0.15) is 5.75 Å². The standard InChI is InChI=1S/C17H16N2O2/c1-19(12-14-9-7-13(11-18)8-10-14)17(20)15-5-3-4-6-16(15)21-2/h3-10H,12H2,1-2H3. The summed E-state index contributed by atoms with van der Waals surface area (Å²) >= 11 is 0. The van der Waals surface area contributed by atoms with Gasteiger partial charge in [-0.05, 0) is 29.8 Å². The second kappa shape index (κ2) is 6.58. The van der Waals surface area contributed by atoms with E-state index in [1.165, 1.54) is 0 Å². The maximum atomic E-state index is 12.4. The number of rotatable bonds is 4. The highest BCUT2D eigenvalue weighted by atomic mass is 16.5. The number of hydrogen-bond acceptors (Lipinski definition) is 3. The lowest BCUT2D eigenvalue weighted by Crippen LogP contribution is -2.26. The molecule has 0 atom stereocenters. The van der Waals surface area contributed by atoms with Gasteiger partial charge >= 0.3 is 0 Å². The molecule has 0 aromatic heterocycles. The number of carbonyl (C=O) groups excluding carboxylic acids is 1. The molecular formula is C17H16N2O2. The molecule has 0 aliphatic heterocycles. The van der Waals surface area contributed by atoms with Crippen molar-refractivity contribution in [1.29, 1.82) is 5.26 Å². The molecule has 0 bridgehead atoms. The molecule has 2 rings (SSSR count). The van der Waals surface area contributed by atoms with Crippen LogP contribution in [0.5, 0.6) is 5.75 Å². The Hall–Kier alpha value is -2.80.